The monoisotopic (exact) mass is 291 g/mol. The zero-order chi connectivity index (χ0) is 14.0. The van der Waals surface area contributed by atoms with Crippen LogP contribution in [0.4, 0.5) is 18.9 Å². The average molecular weight is 292 g/mol. The highest BCUT2D eigenvalue weighted by atomic mass is 35.5. The molecule has 4 nitrogen and oxygen atoms in total. The second-order valence-electron chi connectivity index (χ2n) is 3.80. The van der Waals surface area contributed by atoms with Crippen molar-refractivity contribution in [1.29, 1.82) is 0 Å². The van der Waals surface area contributed by atoms with Gasteiger partial charge in [0.25, 0.3) is 5.91 Å². The van der Waals surface area contributed by atoms with Crippen LogP contribution >= 0.6 is 11.6 Å². The van der Waals surface area contributed by atoms with Gasteiger partial charge in [0.05, 0.1) is 17.8 Å². The summed E-state index contributed by atoms with van der Waals surface area (Å²) in [7, 11) is 0. The summed E-state index contributed by atoms with van der Waals surface area (Å²) in [6.45, 7) is 0.922. The van der Waals surface area contributed by atoms with Crippen molar-refractivity contribution in [2.45, 2.75) is 6.18 Å². The molecule has 2 rings (SSSR count). The number of carbonyl (C=O) groups excluding carboxylic acids is 1. The molecular weight excluding hydrogens is 283 g/mol. The van der Waals surface area contributed by atoms with Crippen LogP contribution in [0.15, 0.2) is 23.2 Å². The first kappa shape index (κ1) is 13.7. The number of amides is 1. The molecule has 0 saturated carbocycles. The lowest BCUT2D eigenvalue weighted by atomic mass is 10.1. The van der Waals surface area contributed by atoms with Crippen LogP contribution in [-0.4, -0.2) is 24.8 Å². The lowest BCUT2D eigenvalue weighted by Crippen LogP contribution is -2.32. The molecule has 1 aromatic carbocycles. The van der Waals surface area contributed by atoms with Crippen molar-refractivity contribution in [3.63, 3.8) is 0 Å². The van der Waals surface area contributed by atoms with E-state index >= 15 is 0 Å². The molecule has 0 fully saturated rings. The Morgan fingerprint density at radius 2 is 2.16 bits per heavy atom. The minimum Gasteiger partial charge on any atom is -0.364 e. The Hall–Kier alpha value is -1.76. The van der Waals surface area contributed by atoms with E-state index in [1.54, 1.807) is 0 Å². The molecule has 0 aromatic heterocycles. The molecular formula is C11H9ClF3N3O. The van der Waals surface area contributed by atoms with Crippen molar-refractivity contribution < 1.29 is 18.0 Å². The van der Waals surface area contributed by atoms with Crippen LogP contribution in [0.3, 0.4) is 0 Å². The summed E-state index contributed by atoms with van der Waals surface area (Å²) >= 11 is 5.54. The standard InChI is InChI=1S/C11H9ClF3N3O/c12-6-1-2-8(7(5-6)11(13,14)15)18-10(19)9-16-3-4-17-9/h1-2,5H,3-4H2,(H,16,17)(H,18,19). The molecule has 0 aliphatic carbocycles. The van der Waals surface area contributed by atoms with Gasteiger partial charge in [0.15, 0.2) is 5.84 Å². The summed E-state index contributed by atoms with van der Waals surface area (Å²) in [6, 6.07) is 3.15. The molecule has 1 aliphatic heterocycles. The quantitative estimate of drug-likeness (QED) is 0.878. The van der Waals surface area contributed by atoms with E-state index in [4.69, 9.17) is 11.6 Å². The fourth-order valence-corrected chi connectivity index (χ4v) is 1.76. The van der Waals surface area contributed by atoms with Crippen molar-refractivity contribution in [2.75, 3.05) is 18.4 Å². The van der Waals surface area contributed by atoms with E-state index in [1.807, 2.05) is 0 Å². The maximum atomic E-state index is 12.8. The summed E-state index contributed by atoms with van der Waals surface area (Å²) < 4.78 is 38.4. The third-order valence-electron chi connectivity index (χ3n) is 2.42. The lowest BCUT2D eigenvalue weighted by Gasteiger charge is -2.14. The van der Waals surface area contributed by atoms with E-state index in [1.165, 1.54) is 6.07 Å². The minimum atomic E-state index is -4.60. The molecule has 102 valence electrons. The number of hydrogen-bond acceptors (Lipinski definition) is 3. The number of nitrogens with one attached hydrogen (secondary N) is 2. The van der Waals surface area contributed by atoms with E-state index in [2.05, 4.69) is 15.6 Å². The number of aliphatic imine (C=N–C) groups is 1. The van der Waals surface area contributed by atoms with Gasteiger partial charge in [-0.1, -0.05) is 11.6 Å². The Morgan fingerprint density at radius 3 is 2.74 bits per heavy atom. The van der Waals surface area contributed by atoms with Gasteiger partial charge in [-0.2, -0.15) is 13.2 Å². The normalized spacial score (nSPS) is 14.8. The van der Waals surface area contributed by atoms with Crippen LogP contribution in [0.5, 0.6) is 0 Å². The second-order valence-corrected chi connectivity index (χ2v) is 4.24. The molecule has 8 heteroatoms. The number of halogens is 4. The fourth-order valence-electron chi connectivity index (χ4n) is 1.59. The molecule has 0 saturated heterocycles. The third-order valence-corrected chi connectivity index (χ3v) is 2.66. The predicted octanol–water partition coefficient (Wildman–Crippen LogP) is 2.30. The molecule has 0 radical (unpaired) electrons. The van der Waals surface area contributed by atoms with Crippen LogP contribution in [0, 0.1) is 0 Å². The van der Waals surface area contributed by atoms with Gasteiger partial charge >= 0.3 is 6.18 Å². The van der Waals surface area contributed by atoms with Gasteiger partial charge < -0.3 is 10.6 Å². The number of hydrogen-bond donors (Lipinski definition) is 2. The van der Waals surface area contributed by atoms with E-state index in [0.29, 0.717) is 13.1 Å². The van der Waals surface area contributed by atoms with Gasteiger partial charge in [0.2, 0.25) is 0 Å². The molecule has 0 bridgehead atoms. The SMILES string of the molecule is O=C(Nc1ccc(Cl)cc1C(F)(F)F)C1=NCCN1. The number of rotatable bonds is 2. The van der Waals surface area contributed by atoms with Crippen molar-refractivity contribution in [1.82, 2.24) is 5.32 Å². The Bertz CT molecular complexity index is 542. The number of amidine groups is 1. The summed E-state index contributed by atoms with van der Waals surface area (Å²) in [6.07, 6.45) is -4.60. The number of anilines is 1. The molecule has 1 aromatic rings. The van der Waals surface area contributed by atoms with Crippen molar-refractivity contribution >= 4 is 29.0 Å². The Morgan fingerprint density at radius 1 is 1.42 bits per heavy atom. The molecule has 0 unspecified atom stereocenters. The average Bonchev–Trinajstić information content (AvgIpc) is 2.83. The largest absolute Gasteiger partial charge is 0.418 e. The zero-order valence-corrected chi connectivity index (χ0v) is 10.3. The van der Waals surface area contributed by atoms with E-state index < -0.39 is 17.6 Å². The molecule has 1 amide bonds. The highest BCUT2D eigenvalue weighted by Gasteiger charge is 2.34. The molecule has 1 heterocycles. The van der Waals surface area contributed by atoms with Crippen molar-refractivity contribution in [3.05, 3.63) is 28.8 Å². The van der Waals surface area contributed by atoms with Gasteiger partial charge in [-0.05, 0) is 18.2 Å². The molecule has 19 heavy (non-hydrogen) atoms. The maximum absolute atomic E-state index is 12.8. The van der Waals surface area contributed by atoms with Gasteiger partial charge in [-0.3, -0.25) is 9.79 Å². The Labute approximate surface area is 111 Å². The van der Waals surface area contributed by atoms with E-state index in [9.17, 15) is 18.0 Å². The van der Waals surface area contributed by atoms with Crippen molar-refractivity contribution in [3.8, 4) is 0 Å². The summed E-state index contributed by atoms with van der Waals surface area (Å²) in [4.78, 5) is 15.5. The predicted molar refractivity (Wildman–Crippen MR) is 65.4 cm³/mol. The molecule has 1 aliphatic rings. The zero-order valence-electron chi connectivity index (χ0n) is 9.51. The molecule has 2 N–H and O–H groups in total. The fraction of sp³-hybridized carbons (Fsp3) is 0.273. The van der Waals surface area contributed by atoms with Crippen LogP contribution < -0.4 is 10.6 Å². The number of alkyl halides is 3. The first-order valence-electron chi connectivity index (χ1n) is 5.34. The first-order valence-corrected chi connectivity index (χ1v) is 5.72. The van der Waals surface area contributed by atoms with Gasteiger partial charge in [0.1, 0.15) is 0 Å². The highest BCUT2D eigenvalue weighted by molar-refractivity contribution is 6.42. The summed E-state index contributed by atoms with van der Waals surface area (Å²) in [5, 5.41) is 4.80. The number of carbonyl (C=O) groups is 1. The van der Waals surface area contributed by atoms with E-state index in [0.717, 1.165) is 12.1 Å². The summed E-state index contributed by atoms with van der Waals surface area (Å²) in [5.41, 5.74) is -1.34. The Kier molecular flexibility index (Phi) is 3.66. The second kappa shape index (κ2) is 5.08. The molecule has 0 spiro atoms. The van der Waals surface area contributed by atoms with Gasteiger partial charge in [0, 0.05) is 11.6 Å². The minimum absolute atomic E-state index is 0.0306. The smallest absolute Gasteiger partial charge is 0.364 e. The highest BCUT2D eigenvalue weighted by Crippen LogP contribution is 2.36. The Balaban J connectivity index is 2.27. The molecule has 0 atom stereocenters. The topological polar surface area (TPSA) is 53.5 Å². The third kappa shape index (κ3) is 3.17. The lowest BCUT2D eigenvalue weighted by molar-refractivity contribution is -0.136. The summed E-state index contributed by atoms with van der Waals surface area (Å²) in [5.74, 6) is -0.673. The van der Waals surface area contributed by atoms with Gasteiger partial charge in [-0.25, -0.2) is 0 Å². The number of benzene rings is 1. The van der Waals surface area contributed by atoms with Crippen molar-refractivity contribution in [2.24, 2.45) is 4.99 Å². The van der Waals surface area contributed by atoms with E-state index in [-0.39, 0.29) is 16.5 Å². The van der Waals surface area contributed by atoms with Gasteiger partial charge in [-0.15, -0.1) is 0 Å². The van der Waals surface area contributed by atoms with Crippen LogP contribution in [-0.2, 0) is 11.0 Å². The number of nitrogens with zero attached hydrogens (tertiary/aromatic N) is 1. The van der Waals surface area contributed by atoms with Crippen LogP contribution in [0.25, 0.3) is 0 Å². The maximum Gasteiger partial charge on any atom is 0.418 e. The first-order chi connectivity index (χ1) is 8.88. The van der Waals surface area contributed by atoms with Crippen LogP contribution in [0.1, 0.15) is 5.56 Å². The van der Waals surface area contributed by atoms with Crippen LogP contribution in [0.2, 0.25) is 5.02 Å².